The number of pyridine rings is 1. The summed E-state index contributed by atoms with van der Waals surface area (Å²) >= 11 is 0. The highest BCUT2D eigenvalue weighted by molar-refractivity contribution is 6.25. The van der Waals surface area contributed by atoms with Crippen LogP contribution in [-0.4, -0.2) is 70.1 Å². The van der Waals surface area contributed by atoms with Crippen LogP contribution in [0.4, 0.5) is 0 Å². The van der Waals surface area contributed by atoms with Crippen LogP contribution in [-0.2, 0) is 11.3 Å². The van der Waals surface area contributed by atoms with Crippen molar-refractivity contribution in [3.8, 4) is 0 Å². The van der Waals surface area contributed by atoms with Crippen molar-refractivity contribution in [2.75, 3.05) is 32.7 Å². The number of rotatable bonds is 6. The van der Waals surface area contributed by atoms with Crippen molar-refractivity contribution in [2.24, 2.45) is 0 Å². The molecule has 7 nitrogen and oxygen atoms in total. The number of hydrogen-bond acceptors (Lipinski definition) is 5. The smallest absolute Gasteiger partial charge is 0.261 e. The summed E-state index contributed by atoms with van der Waals surface area (Å²) in [6, 6.07) is 15.1. The van der Waals surface area contributed by atoms with E-state index in [1.807, 2.05) is 41.3 Å². The second-order valence-corrected chi connectivity index (χ2v) is 8.59. The molecule has 5 rings (SSSR count). The van der Waals surface area contributed by atoms with Gasteiger partial charge in [0.05, 0.1) is 0 Å². The first-order chi connectivity index (χ1) is 16.1. The molecule has 0 bridgehead atoms. The van der Waals surface area contributed by atoms with Crippen LogP contribution < -0.4 is 0 Å². The molecule has 2 aliphatic heterocycles. The molecule has 0 spiro atoms. The minimum atomic E-state index is -0.276. The van der Waals surface area contributed by atoms with Crippen LogP contribution in [0.3, 0.4) is 0 Å². The van der Waals surface area contributed by atoms with Crippen molar-refractivity contribution in [1.82, 2.24) is 19.7 Å². The zero-order valence-corrected chi connectivity index (χ0v) is 18.4. The molecular formula is C26H26N4O3. The molecule has 3 aromatic rings. The normalized spacial score (nSPS) is 16.5. The monoisotopic (exact) mass is 442 g/mol. The van der Waals surface area contributed by atoms with Gasteiger partial charge in [-0.05, 0) is 41.6 Å². The van der Waals surface area contributed by atoms with Gasteiger partial charge in [0.25, 0.3) is 11.8 Å². The van der Waals surface area contributed by atoms with Gasteiger partial charge in [0, 0.05) is 74.6 Å². The van der Waals surface area contributed by atoms with Crippen LogP contribution >= 0.6 is 0 Å². The van der Waals surface area contributed by atoms with Gasteiger partial charge >= 0.3 is 0 Å². The first kappa shape index (κ1) is 21.3. The van der Waals surface area contributed by atoms with Crippen LogP contribution in [0.25, 0.3) is 10.8 Å². The van der Waals surface area contributed by atoms with Crippen LogP contribution in [0.5, 0.6) is 0 Å². The second kappa shape index (κ2) is 9.11. The maximum absolute atomic E-state index is 13.0. The van der Waals surface area contributed by atoms with Gasteiger partial charge in [-0.1, -0.05) is 24.3 Å². The first-order valence-electron chi connectivity index (χ1n) is 11.4. The molecule has 33 heavy (non-hydrogen) atoms. The van der Waals surface area contributed by atoms with Crippen molar-refractivity contribution >= 4 is 28.5 Å². The van der Waals surface area contributed by atoms with Crippen molar-refractivity contribution in [3.63, 3.8) is 0 Å². The van der Waals surface area contributed by atoms with Gasteiger partial charge in [-0.3, -0.25) is 29.2 Å². The average Bonchev–Trinajstić information content (AvgIpc) is 2.85. The van der Waals surface area contributed by atoms with E-state index >= 15 is 0 Å². The fraction of sp³-hybridized carbons (Fsp3) is 0.308. The third kappa shape index (κ3) is 4.24. The molecule has 168 valence electrons. The molecule has 2 aliphatic rings. The van der Waals surface area contributed by atoms with E-state index in [4.69, 9.17) is 0 Å². The van der Waals surface area contributed by atoms with E-state index in [0.29, 0.717) is 37.1 Å². The van der Waals surface area contributed by atoms with E-state index in [2.05, 4.69) is 9.88 Å². The Hall–Kier alpha value is -3.58. The summed E-state index contributed by atoms with van der Waals surface area (Å²) < 4.78 is 0. The Bertz CT molecular complexity index is 1150. The van der Waals surface area contributed by atoms with Gasteiger partial charge in [0.2, 0.25) is 5.91 Å². The number of imide groups is 1. The van der Waals surface area contributed by atoms with Crippen LogP contribution in [0.1, 0.15) is 39.1 Å². The van der Waals surface area contributed by atoms with Crippen molar-refractivity contribution in [2.45, 2.75) is 19.4 Å². The fourth-order valence-corrected chi connectivity index (χ4v) is 4.73. The number of carbonyl (C=O) groups excluding carboxylic acids is 3. The first-order valence-corrected chi connectivity index (χ1v) is 11.4. The van der Waals surface area contributed by atoms with Crippen LogP contribution in [0.2, 0.25) is 0 Å². The highest BCUT2D eigenvalue weighted by atomic mass is 16.2. The average molecular weight is 443 g/mol. The summed E-state index contributed by atoms with van der Waals surface area (Å²) in [5.74, 6) is -0.471. The van der Waals surface area contributed by atoms with E-state index in [-0.39, 0.29) is 24.3 Å². The van der Waals surface area contributed by atoms with Crippen LogP contribution in [0.15, 0.2) is 60.9 Å². The van der Waals surface area contributed by atoms with Gasteiger partial charge in [-0.2, -0.15) is 0 Å². The third-order valence-corrected chi connectivity index (χ3v) is 6.51. The molecule has 3 amide bonds. The number of hydrogen-bond donors (Lipinski definition) is 0. The van der Waals surface area contributed by atoms with Gasteiger partial charge < -0.3 is 4.90 Å². The minimum absolute atomic E-state index is 0.0815. The lowest BCUT2D eigenvalue weighted by molar-refractivity contribution is -0.133. The standard InChI is InChI=1S/C26H26N4O3/c31-23(29-16-14-28(15-17-29)18-19-9-11-27-12-10-19)8-3-13-30-25(32)21-6-1-4-20-5-2-7-22(24(20)21)26(30)33/h1-2,4-7,9-12H,3,8,13-18H2. The number of piperazine rings is 1. The minimum Gasteiger partial charge on any atom is -0.340 e. The Balaban J connectivity index is 1.14. The molecule has 1 aromatic heterocycles. The number of benzene rings is 2. The van der Waals surface area contributed by atoms with E-state index < -0.39 is 0 Å². The molecule has 0 N–H and O–H groups in total. The second-order valence-electron chi connectivity index (χ2n) is 8.59. The van der Waals surface area contributed by atoms with Crippen molar-refractivity contribution in [3.05, 3.63) is 77.6 Å². The Morgan fingerprint density at radius 1 is 0.848 bits per heavy atom. The zero-order chi connectivity index (χ0) is 22.8. The largest absolute Gasteiger partial charge is 0.340 e. The van der Waals surface area contributed by atoms with E-state index in [1.165, 1.54) is 10.5 Å². The predicted molar refractivity (Wildman–Crippen MR) is 125 cm³/mol. The molecule has 0 saturated carbocycles. The maximum atomic E-state index is 13.0. The quantitative estimate of drug-likeness (QED) is 0.549. The number of amides is 3. The van der Waals surface area contributed by atoms with E-state index in [0.717, 1.165) is 30.4 Å². The van der Waals surface area contributed by atoms with Crippen molar-refractivity contribution in [1.29, 1.82) is 0 Å². The third-order valence-electron chi connectivity index (χ3n) is 6.51. The lowest BCUT2D eigenvalue weighted by Gasteiger charge is -2.35. The Morgan fingerprint density at radius 2 is 1.48 bits per heavy atom. The molecule has 1 fully saturated rings. The molecular weight excluding hydrogens is 416 g/mol. The molecule has 0 radical (unpaired) electrons. The number of aromatic nitrogens is 1. The fourth-order valence-electron chi connectivity index (χ4n) is 4.73. The molecule has 7 heteroatoms. The Labute approximate surface area is 192 Å². The Kier molecular flexibility index (Phi) is 5.88. The highest BCUT2D eigenvalue weighted by Gasteiger charge is 2.32. The summed E-state index contributed by atoms with van der Waals surface area (Å²) in [7, 11) is 0. The number of carbonyl (C=O) groups is 3. The Morgan fingerprint density at radius 3 is 2.12 bits per heavy atom. The topological polar surface area (TPSA) is 73.8 Å². The molecule has 3 heterocycles. The lowest BCUT2D eigenvalue weighted by atomic mass is 9.94. The summed E-state index contributed by atoms with van der Waals surface area (Å²) in [6.45, 7) is 4.16. The summed E-state index contributed by atoms with van der Waals surface area (Å²) in [4.78, 5) is 48.2. The highest BCUT2D eigenvalue weighted by Crippen LogP contribution is 2.30. The molecule has 1 saturated heterocycles. The number of nitrogens with zero attached hydrogens (tertiary/aromatic N) is 4. The van der Waals surface area contributed by atoms with Crippen molar-refractivity contribution < 1.29 is 14.4 Å². The SMILES string of the molecule is O=C(CCCN1C(=O)c2cccc3cccc(c23)C1=O)N1CCN(Cc2ccncc2)CC1. The van der Waals surface area contributed by atoms with E-state index in [1.54, 1.807) is 24.5 Å². The summed E-state index contributed by atoms with van der Waals surface area (Å²) in [5.41, 5.74) is 2.33. The summed E-state index contributed by atoms with van der Waals surface area (Å²) in [5, 5.41) is 1.62. The molecule has 0 aliphatic carbocycles. The van der Waals surface area contributed by atoms with E-state index in [9.17, 15) is 14.4 Å². The molecule has 2 aromatic carbocycles. The van der Waals surface area contributed by atoms with Gasteiger partial charge in [0.15, 0.2) is 0 Å². The predicted octanol–water partition coefficient (Wildman–Crippen LogP) is 2.96. The van der Waals surface area contributed by atoms with Gasteiger partial charge in [0.1, 0.15) is 0 Å². The zero-order valence-electron chi connectivity index (χ0n) is 18.4. The molecule has 0 atom stereocenters. The molecule has 0 unspecified atom stereocenters. The van der Waals surface area contributed by atoms with Gasteiger partial charge in [-0.15, -0.1) is 0 Å². The summed E-state index contributed by atoms with van der Waals surface area (Å²) in [6.07, 6.45) is 4.39. The lowest BCUT2D eigenvalue weighted by Crippen LogP contribution is -2.48. The maximum Gasteiger partial charge on any atom is 0.261 e. The van der Waals surface area contributed by atoms with Crippen LogP contribution in [0, 0.1) is 0 Å². The van der Waals surface area contributed by atoms with Gasteiger partial charge in [-0.25, -0.2) is 0 Å².